The summed E-state index contributed by atoms with van der Waals surface area (Å²) in [6.45, 7) is 5.88. The van der Waals surface area contributed by atoms with Gasteiger partial charge in [-0.2, -0.15) is 5.10 Å². The summed E-state index contributed by atoms with van der Waals surface area (Å²) >= 11 is 6.25. The van der Waals surface area contributed by atoms with Crippen LogP contribution in [0, 0.1) is 13.8 Å². The van der Waals surface area contributed by atoms with E-state index in [-0.39, 0.29) is 5.91 Å². The average Bonchev–Trinajstić information content (AvgIpc) is 3.08. The number of nitrogens with one attached hydrogen (secondary N) is 1. The number of aryl methyl sites for hydroxylation is 2. The molecule has 1 heterocycles. The van der Waals surface area contributed by atoms with Crippen molar-refractivity contribution in [3.63, 3.8) is 0 Å². The molecule has 146 valence electrons. The van der Waals surface area contributed by atoms with Crippen molar-refractivity contribution in [1.82, 2.24) is 9.78 Å². The quantitative estimate of drug-likeness (QED) is 0.442. The van der Waals surface area contributed by atoms with Crippen molar-refractivity contribution >= 4 is 34.1 Å². The Bertz CT molecular complexity index is 1200. The van der Waals surface area contributed by atoms with Gasteiger partial charge in [0.15, 0.2) is 0 Å². The molecule has 0 aliphatic heterocycles. The second kappa shape index (κ2) is 7.72. The molecular weight excluding hydrogens is 382 g/mol. The Balaban J connectivity index is 1.74. The number of amides is 1. The average molecular weight is 404 g/mol. The van der Waals surface area contributed by atoms with Crippen molar-refractivity contribution in [1.29, 1.82) is 0 Å². The zero-order valence-corrected chi connectivity index (χ0v) is 17.4. The number of carbonyl (C=O) groups is 1. The van der Waals surface area contributed by atoms with Crippen molar-refractivity contribution < 1.29 is 4.79 Å². The van der Waals surface area contributed by atoms with Gasteiger partial charge in [0.05, 0.1) is 5.52 Å². The molecule has 4 rings (SSSR count). The first kappa shape index (κ1) is 19.2. The van der Waals surface area contributed by atoms with Gasteiger partial charge in [0, 0.05) is 21.7 Å². The summed E-state index contributed by atoms with van der Waals surface area (Å²) in [5.74, 6) is -0.115. The van der Waals surface area contributed by atoms with Gasteiger partial charge in [-0.3, -0.25) is 9.48 Å². The third kappa shape index (κ3) is 3.76. The van der Waals surface area contributed by atoms with E-state index >= 15 is 0 Å². The molecule has 0 unspecified atom stereocenters. The van der Waals surface area contributed by atoms with E-state index in [1.54, 1.807) is 4.68 Å². The molecule has 0 bridgehead atoms. The van der Waals surface area contributed by atoms with Gasteiger partial charge in [-0.05, 0) is 50.6 Å². The molecule has 1 atom stereocenters. The second-order valence-electron chi connectivity index (χ2n) is 7.30. The highest BCUT2D eigenvalue weighted by atomic mass is 35.5. The summed E-state index contributed by atoms with van der Waals surface area (Å²) in [5, 5.41) is 9.40. The molecule has 4 aromatic rings. The molecule has 4 nitrogen and oxygen atoms in total. The molecule has 1 aromatic heterocycles. The number of fused-ring (bicyclic) bond motifs is 1. The zero-order valence-electron chi connectivity index (χ0n) is 16.6. The number of rotatable bonds is 4. The third-order valence-corrected chi connectivity index (χ3v) is 5.34. The first-order valence-corrected chi connectivity index (χ1v) is 9.93. The fourth-order valence-electron chi connectivity index (χ4n) is 3.52. The molecule has 0 fully saturated rings. The highest BCUT2D eigenvalue weighted by molar-refractivity contribution is 6.31. The lowest BCUT2D eigenvalue weighted by atomic mass is 10.1. The Morgan fingerprint density at radius 1 is 1.03 bits per heavy atom. The Kier molecular flexibility index (Phi) is 5.12. The summed E-state index contributed by atoms with van der Waals surface area (Å²) in [4.78, 5) is 13.0. The van der Waals surface area contributed by atoms with Gasteiger partial charge >= 0.3 is 0 Å². The number of aromatic nitrogens is 2. The molecular formula is C24H22ClN3O. The van der Waals surface area contributed by atoms with E-state index in [1.165, 1.54) is 0 Å². The van der Waals surface area contributed by atoms with Gasteiger partial charge in [-0.25, -0.2) is 0 Å². The van der Waals surface area contributed by atoms with E-state index in [0.717, 1.165) is 39.0 Å². The SMILES string of the molecule is Cc1ccc(NC(=O)[C@@H](C)n2nc(-c3ccccc3)c3cc(Cl)ccc32)c(C)c1. The van der Waals surface area contributed by atoms with E-state index in [1.807, 2.05) is 81.4 Å². The van der Waals surface area contributed by atoms with Gasteiger partial charge in [-0.15, -0.1) is 0 Å². The standard InChI is InChI=1S/C24H22ClN3O/c1-15-9-11-21(16(2)13-15)26-24(29)17(3)28-22-12-10-19(25)14-20(22)23(27-28)18-7-5-4-6-8-18/h4-14,17H,1-3H3,(H,26,29)/t17-/m1/s1. The van der Waals surface area contributed by atoms with Crippen LogP contribution in [-0.2, 0) is 4.79 Å². The number of hydrogen-bond donors (Lipinski definition) is 1. The number of halogens is 1. The van der Waals surface area contributed by atoms with E-state index in [2.05, 4.69) is 11.4 Å². The maximum atomic E-state index is 13.0. The molecule has 1 amide bonds. The minimum absolute atomic E-state index is 0.115. The Morgan fingerprint density at radius 3 is 2.52 bits per heavy atom. The largest absolute Gasteiger partial charge is 0.324 e. The van der Waals surface area contributed by atoms with Crippen LogP contribution in [0.25, 0.3) is 22.2 Å². The minimum atomic E-state index is -0.489. The number of nitrogens with zero attached hydrogens (tertiary/aromatic N) is 2. The molecule has 5 heteroatoms. The van der Waals surface area contributed by atoms with Crippen LogP contribution in [0.15, 0.2) is 66.7 Å². The summed E-state index contributed by atoms with van der Waals surface area (Å²) in [5.41, 5.74) is 5.69. The molecule has 0 aliphatic carbocycles. The maximum absolute atomic E-state index is 13.0. The lowest BCUT2D eigenvalue weighted by Gasteiger charge is -2.15. The first-order valence-electron chi connectivity index (χ1n) is 9.55. The van der Waals surface area contributed by atoms with E-state index in [4.69, 9.17) is 16.7 Å². The lowest BCUT2D eigenvalue weighted by molar-refractivity contribution is -0.118. The lowest BCUT2D eigenvalue weighted by Crippen LogP contribution is -2.24. The van der Waals surface area contributed by atoms with Crippen LogP contribution in [0.4, 0.5) is 5.69 Å². The van der Waals surface area contributed by atoms with Crippen molar-refractivity contribution in [3.05, 3.63) is 82.9 Å². The number of hydrogen-bond acceptors (Lipinski definition) is 2. The van der Waals surface area contributed by atoms with Crippen LogP contribution in [0.5, 0.6) is 0 Å². The molecule has 0 aliphatic rings. The summed E-state index contributed by atoms with van der Waals surface area (Å²) in [7, 11) is 0. The van der Waals surface area contributed by atoms with Crippen LogP contribution < -0.4 is 5.32 Å². The van der Waals surface area contributed by atoms with Gasteiger partial charge in [0.1, 0.15) is 11.7 Å². The minimum Gasteiger partial charge on any atom is -0.324 e. The summed E-state index contributed by atoms with van der Waals surface area (Å²) in [6.07, 6.45) is 0. The highest BCUT2D eigenvalue weighted by Crippen LogP contribution is 2.32. The number of carbonyl (C=O) groups excluding carboxylic acids is 1. The molecule has 0 saturated heterocycles. The topological polar surface area (TPSA) is 46.9 Å². The van der Waals surface area contributed by atoms with Gasteiger partial charge in [0.25, 0.3) is 0 Å². The molecule has 1 N–H and O–H groups in total. The molecule has 0 saturated carbocycles. The molecule has 0 radical (unpaired) electrons. The number of benzene rings is 3. The van der Waals surface area contributed by atoms with Crippen molar-refractivity contribution in [3.8, 4) is 11.3 Å². The predicted molar refractivity (Wildman–Crippen MR) is 119 cm³/mol. The maximum Gasteiger partial charge on any atom is 0.248 e. The molecule has 0 spiro atoms. The van der Waals surface area contributed by atoms with Gasteiger partial charge < -0.3 is 5.32 Å². The zero-order chi connectivity index (χ0) is 20.5. The van der Waals surface area contributed by atoms with Crippen LogP contribution in [0.1, 0.15) is 24.1 Å². The van der Waals surface area contributed by atoms with E-state index in [0.29, 0.717) is 5.02 Å². The Morgan fingerprint density at radius 2 is 1.79 bits per heavy atom. The normalized spacial score (nSPS) is 12.1. The fraction of sp³-hybridized carbons (Fsp3) is 0.167. The smallest absolute Gasteiger partial charge is 0.248 e. The monoisotopic (exact) mass is 403 g/mol. The molecule has 29 heavy (non-hydrogen) atoms. The predicted octanol–water partition coefficient (Wildman–Crippen LogP) is 6.17. The third-order valence-electron chi connectivity index (χ3n) is 5.10. The van der Waals surface area contributed by atoms with Crippen molar-refractivity contribution in [2.75, 3.05) is 5.32 Å². The van der Waals surface area contributed by atoms with Gasteiger partial charge in [0.2, 0.25) is 5.91 Å². The van der Waals surface area contributed by atoms with Crippen LogP contribution >= 0.6 is 11.6 Å². The van der Waals surface area contributed by atoms with Crippen molar-refractivity contribution in [2.24, 2.45) is 0 Å². The van der Waals surface area contributed by atoms with Crippen LogP contribution in [0.2, 0.25) is 5.02 Å². The van der Waals surface area contributed by atoms with Crippen molar-refractivity contribution in [2.45, 2.75) is 26.8 Å². The van der Waals surface area contributed by atoms with E-state index < -0.39 is 6.04 Å². The van der Waals surface area contributed by atoms with E-state index in [9.17, 15) is 4.79 Å². The van der Waals surface area contributed by atoms with Gasteiger partial charge in [-0.1, -0.05) is 59.6 Å². The Hall–Kier alpha value is -3.11. The second-order valence-corrected chi connectivity index (χ2v) is 7.74. The summed E-state index contributed by atoms with van der Waals surface area (Å²) < 4.78 is 1.77. The fourth-order valence-corrected chi connectivity index (χ4v) is 3.69. The summed E-state index contributed by atoms with van der Waals surface area (Å²) in [6, 6.07) is 21.1. The van der Waals surface area contributed by atoms with Crippen LogP contribution in [0.3, 0.4) is 0 Å². The Labute approximate surface area is 175 Å². The number of anilines is 1. The molecule has 3 aromatic carbocycles. The van der Waals surface area contributed by atoms with Crippen LogP contribution in [-0.4, -0.2) is 15.7 Å². The first-order chi connectivity index (χ1) is 13.9. The highest BCUT2D eigenvalue weighted by Gasteiger charge is 2.22.